The molecule has 150 valence electrons. The second-order valence-corrected chi connectivity index (χ2v) is 8.60. The zero-order valence-corrected chi connectivity index (χ0v) is 17.2. The van der Waals surface area contributed by atoms with Gasteiger partial charge >= 0.3 is 0 Å². The van der Waals surface area contributed by atoms with E-state index in [1.165, 1.54) is 16.0 Å². The van der Waals surface area contributed by atoms with Crippen LogP contribution in [0.25, 0.3) is 55.2 Å². The first-order valence-corrected chi connectivity index (χ1v) is 10.5. The number of rotatable bonds is 3. The summed E-state index contributed by atoms with van der Waals surface area (Å²) in [6.07, 6.45) is 4.80. The maximum atomic E-state index is 9.76. The van der Waals surface area contributed by atoms with Gasteiger partial charge in [0.2, 0.25) is 0 Å². The van der Waals surface area contributed by atoms with Gasteiger partial charge < -0.3 is 10.1 Å². The predicted octanol–water partition coefficient (Wildman–Crippen LogP) is 5.31. The second kappa shape index (κ2) is 6.75. The van der Waals surface area contributed by atoms with E-state index < -0.39 is 0 Å². The Kier molecular flexibility index (Phi) is 3.87. The standard InChI is InChI=1S/C23H16N6OS/c1-12-5-6-20(31-12)15-3-2-4-17-21(15)27-23(26-17)22-16-8-18(25-11-19(16)28-29-22)13-7-14(30)10-24-9-13/h2-11,30H,1H3,(H,26,27)(H,28,29). The summed E-state index contributed by atoms with van der Waals surface area (Å²) < 4.78 is 0. The zero-order chi connectivity index (χ0) is 20.9. The summed E-state index contributed by atoms with van der Waals surface area (Å²) in [5, 5.41) is 18.2. The highest BCUT2D eigenvalue weighted by molar-refractivity contribution is 7.15. The number of para-hydroxylation sites is 1. The molecule has 0 radical (unpaired) electrons. The molecule has 5 heterocycles. The second-order valence-electron chi connectivity index (χ2n) is 7.32. The molecule has 0 spiro atoms. The number of aryl methyl sites for hydroxylation is 1. The molecule has 7 nitrogen and oxygen atoms in total. The van der Waals surface area contributed by atoms with Crippen molar-refractivity contribution < 1.29 is 5.11 Å². The van der Waals surface area contributed by atoms with E-state index in [4.69, 9.17) is 4.98 Å². The molecule has 5 aromatic heterocycles. The van der Waals surface area contributed by atoms with Gasteiger partial charge in [0.25, 0.3) is 0 Å². The number of aromatic nitrogens is 6. The van der Waals surface area contributed by atoms with Crippen LogP contribution in [0.2, 0.25) is 0 Å². The first-order valence-electron chi connectivity index (χ1n) is 9.70. The summed E-state index contributed by atoms with van der Waals surface area (Å²) in [6.45, 7) is 2.10. The van der Waals surface area contributed by atoms with Crippen LogP contribution in [-0.2, 0) is 0 Å². The molecule has 0 saturated heterocycles. The van der Waals surface area contributed by atoms with Crippen LogP contribution >= 0.6 is 11.3 Å². The fraction of sp³-hybridized carbons (Fsp3) is 0.0435. The lowest BCUT2D eigenvalue weighted by atomic mass is 10.1. The Morgan fingerprint density at radius 3 is 2.77 bits per heavy atom. The van der Waals surface area contributed by atoms with E-state index in [1.807, 2.05) is 18.2 Å². The smallest absolute Gasteiger partial charge is 0.159 e. The lowest BCUT2D eigenvalue weighted by molar-refractivity contribution is 0.473. The molecule has 0 saturated carbocycles. The predicted molar refractivity (Wildman–Crippen MR) is 122 cm³/mol. The van der Waals surface area contributed by atoms with Crippen molar-refractivity contribution in [1.29, 1.82) is 0 Å². The Balaban J connectivity index is 1.51. The molecule has 0 unspecified atom stereocenters. The van der Waals surface area contributed by atoms with Gasteiger partial charge in [-0.3, -0.25) is 15.1 Å². The molecule has 6 aromatic rings. The minimum atomic E-state index is 0.0976. The number of hydrogen-bond donors (Lipinski definition) is 3. The molecule has 0 aliphatic rings. The van der Waals surface area contributed by atoms with Crippen molar-refractivity contribution in [1.82, 2.24) is 30.1 Å². The molecular weight excluding hydrogens is 408 g/mol. The quantitative estimate of drug-likeness (QED) is 0.357. The molecule has 0 atom stereocenters. The van der Waals surface area contributed by atoms with Crippen molar-refractivity contribution in [3.05, 3.63) is 65.9 Å². The number of thiophene rings is 1. The van der Waals surface area contributed by atoms with E-state index in [0.717, 1.165) is 38.8 Å². The largest absolute Gasteiger partial charge is 0.506 e. The molecule has 0 bridgehead atoms. The van der Waals surface area contributed by atoms with Gasteiger partial charge in [-0.15, -0.1) is 11.3 Å². The Morgan fingerprint density at radius 2 is 1.94 bits per heavy atom. The number of hydrogen-bond acceptors (Lipinski definition) is 6. The summed E-state index contributed by atoms with van der Waals surface area (Å²) in [4.78, 5) is 19.3. The summed E-state index contributed by atoms with van der Waals surface area (Å²) in [7, 11) is 0. The number of nitrogens with zero attached hydrogens (tertiary/aromatic N) is 4. The maximum Gasteiger partial charge on any atom is 0.159 e. The number of aromatic amines is 2. The molecule has 0 fully saturated rings. The molecule has 8 heteroatoms. The van der Waals surface area contributed by atoms with Crippen molar-refractivity contribution in [2.24, 2.45) is 0 Å². The lowest BCUT2D eigenvalue weighted by Crippen LogP contribution is -1.86. The fourth-order valence-electron chi connectivity index (χ4n) is 3.75. The molecule has 0 aliphatic heterocycles. The van der Waals surface area contributed by atoms with E-state index in [9.17, 15) is 5.11 Å². The van der Waals surface area contributed by atoms with Gasteiger partial charge in [0.05, 0.1) is 34.6 Å². The van der Waals surface area contributed by atoms with E-state index in [-0.39, 0.29) is 5.75 Å². The van der Waals surface area contributed by atoms with Gasteiger partial charge in [0.1, 0.15) is 11.4 Å². The normalized spacial score (nSPS) is 11.5. The van der Waals surface area contributed by atoms with Gasteiger partial charge in [-0.05, 0) is 37.3 Å². The number of aromatic hydroxyl groups is 1. The van der Waals surface area contributed by atoms with Crippen LogP contribution in [0.3, 0.4) is 0 Å². The number of imidazole rings is 1. The van der Waals surface area contributed by atoms with Gasteiger partial charge in [-0.1, -0.05) is 12.1 Å². The van der Waals surface area contributed by atoms with Crippen LogP contribution < -0.4 is 0 Å². The van der Waals surface area contributed by atoms with E-state index in [1.54, 1.807) is 29.8 Å². The lowest BCUT2D eigenvalue weighted by Gasteiger charge is -2.01. The Bertz CT molecular complexity index is 1580. The number of benzene rings is 1. The summed E-state index contributed by atoms with van der Waals surface area (Å²) >= 11 is 1.76. The minimum absolute atomic E-state index is 0.0976. The van der Waals surface area contributed by atoms with Crippen molar-refractivity contribution in [2.75, 3.05) is 0 Å². The summed E-state index contributed by atoms with van der Waals surface area (Å²) in [6, 6.07) is 14.0. The van der Waals surface area contributed by atoms with Crippen LogP contribution in [0, 0.1) is 6.92 Å². The Morgan fingerprint density at radius 1 is 1.00 bits per heavy atom. The number of fused-ring (bicyclic) bond motifs is 2. The summed E-state index contributed by atoms with van der Waals surface area (Å²) in [5.41, 5.74) is 5.94. The highest BCUT2D eigenvalue weighted by Crippen LogP contribution is 2.35. The van der Waals surface area contributed by atoms with Crippen LogP contribution in [0.5, 0.6) is 5.75 Å². The highest BCUT2D eigenvalue weighted by atomic mass is 32.1. The average Bonchev–Trinajstić information content (AvgIpc) is 3.50. The molecule has 6 rings (SSSR count). The van der Waals surface area contributed by atoms with Crippen LogP contribution in [-0.4, -0.2) is 35.2 Å². The Hall–Kier alpha value is -4.04. The summed E-state index contributed by atoms with van der Waals surface area (Å²) in [5.74, 6) is 0.786. The van der Waals surface area contributed by atoms with Crippen molar-refractivity contribution in [3.8, 4) is 39.0 Å². The molecule has 31 heavy (non-hydrogen) atoms. The van der Waals surface area contributed by atoms with Gasteiger partial charge in [0, 0.05) is 32.5 Å². The molecule has 0 aliphatic carbocycles. The van der Waals surface area contributed by atoms with Crippen molar-refractivity contribution in [2.45, 2.75) is 6.92 Å². The number of H-pyrrole nitrogens is 2. The molecular formula is C23H16N6OS. The van der Waals surface area contributed by atoms with Crippen molar-refractivity contribution in [3.63, 3.8) is 0 Å². The first kappa shape index (κ1) is 17.8. The van der Waals surface area contributed by atoms with Crippen LogP contribution in [0.4, 0.5) is 0 Å². The highest BCUT2D eigenvalue weighted by Gasteiger charge is 2.16. The zero-order valence-electron chi connectivity index (χ0n) is 16.4. The third-order valence-electron chi connectivity index (χ3n) is 5.21. The molecule has 3 N–H and O–H groups in total. The molecule has 1 aromatic carbocycles. The van der Waals surface area contributed by atoms with E-state index in [2.05, 4.69) is 50.3 Å². The van der Waals surface area contributed by atoms with E-state index >= 15 is 0 Å². The molecule has 0 amide bonds. The topological polar surface area (TPSA) is 103 Å². The maximum absolute atomic E-state index is 9.76. The van der Waals surface area contributed by atoms with Crippen LogP contribution in [0.15, 0.2) is 61.1 Å². The Labute approximate surface area is 180 Å². The first-order chi connectivity index (χ1) is 15.2. The van der Waals surface area contributed by atoms with Gasteiger partial charge in [-0.25, -0.2) is 4.98 Å². The SMILES string of the molecule is Cc1ccc(-c2cccc3[nH]c(-c4n[nH]c5cnc(-c6cncc(O)c6)cc45)nc23)s1. The van der Waals surface area contributed by atoms with Crippen LogP contribution in [0.1, 0.15) is 4.88 Å². The third kappa shape index (κ3) is 2.96. The minimum Gasteiger partial charge on any atom is -0.506 e. The fourth-order valence-corrected chi connectivity index (χ4v) is 4.64. The van der Waals surface area contributed by atoms with Gasteiger partial charge in [0.15, 0.2) is 5.82 Å². The average molecular weight is 424 g/mol. The monoisotopic (exact) mass is 424 g/mol. The van der Waals surface area contributed by atoms with E-state index in [0.29, 0.717) is 11.5 Å². The van der Waals surface area contributed by atoms with Gasteiger partial charge in [-0.2, -0.15) is 5.10 Å². The number of pyridine rings is 2. The number of nitrogens with one attached hydrogen (secondary N) is 2. The van der Waals surface area contributed by atoms with Crippen molar-refractivity contribution >= 4 is 33.3 Å². The third-order valence-corrected chi connectivity index (χ3v) is 6.24.